The summed E-state index contributed by atoms with van der Waals surface area (Å²) in [4.78, 5) is 31.9. The average Bonchev–Trinajstić information content (AvgIpc) is 3.23. The Morgan fingerprint density at radius 1 is 1.08 bits per heavy atom. The molecule has 3 fully saturated rings. The summed E-state index contributed by atoms with van der Waals surface area (Å²) in [5, 5.41) is 0. The molecule has 5 heteroatoms. The topological polar surface area (TPSA) is 55.2 Å². The second-order valence-electron chi connectivity index (χ2n) is 7.46. The van der Waals surface area contributed by atoms with Crippen molar-refractivity contribution < 1.29 is 9.59 Å². The second kappa shape index (κ2) is 7.44. The van der Waals surface area contributed by atoms with Crippen LogP contribution in [0.15, 0.2) is 49.1 Å². The number of aromatic nitrogens is 2. The molecule has 1 atom stereocenters. The van der Waals surface area contributed by atoms with Crippen molar-refractivity contribution in [3.05, 3.63) is 54.6 Å². The van der Waals surface area contributed by atoms with Gasteiger partial charge in [0.05, 0.1) is 0 Å². The Hall–Kier alpha value is -2.43. The number of aryl methyl sites for hydroxylation is 1. The van der Waals surface area contributed by atoms with Gasteiger partial charge < -0.3 is 4.90 Å². The molecule has 0 spiro atoms. The second-order valence-corrected chi connectivity index (χ2v) is 7.46. The summed E-state index contributed by atoms with van der Waals surface area (Å²) < 4.78 is 1.54. The zero-order valence-corrected chi connectivity index (χ0v) is 15.0. The van der Waals surface area contributed by atoms with Gasteiger partial charge >= 0.3 is 0 Å². The van der Waals surface area contributed by atoms with E-state index in [2.05, 4.69) is 17.1 Å². The SMILES string of the molecule is O=C(CCCc1ccccc1)N1C2CCC(CC2)[C@H]1C(=O)n1ccnc1. The van der Waals surface area contributed by atoms with Crippen LogP contribution in [0, 0.1) is 5.92 Å². The van der Waals surface area contributed by atoms with Crippen molar-refractivity contribution in [2.45, 2.75) is 57.0 Å². The van der Waals surface area contributed by atoms with Crippen LogP contribution in [0.5, 0.6) is 0 Å². The van der Waals surface area contributed by atoms with Gasteiger partial charge in [0.2, 0.25) is 5.91 Å². The van der Waals surface area contributed by atoms with Crippen LogP contribution in [0.3, 0.4) is 0 Å². The molecule has 0 N–H and O–H groups in total. The molecule has 5 nitrogen and oxygen atoms in total. The van der Waals surface area contributed by atoms with Gasteiger partial charge in [-0.05, 0) is 50.0 Å². The maximum Gasteiger partial charge on any atom is 0.254 e. The summed E-state index contributed by atoms with van der Waals surface area (Å²) in [7, 11) is 0. The predicted molar refractivity (Wildman–Crippen MR) is 98.6 cm³/mol. The van der Waals surface area contributed by atoms with Gasteiger partial charge in [0.1, 0.15) is 12.4 Å². The highest BCUT2D eigenvalue weighted by Gasteiger charge is 2.47. The third kappa shape index (κ3) is 3.30. The van der Waals surface area contributed by atoms with Gasteiger partial charge in [-0.25, -0.2) is 4.98 Å². The summed E-state index contributed by atoms with van der Waals surface area (Å²) in [5.74, 6) is 0.412. The van der Waals surface area contributed by atoms with Crippen LogP contribution in [0.4, 0.5) is 0 Å². The number of fused-ring (bicyclic) bond motifs is 3. The normalized spacial score (nSPS) is 24.6. The van der Waals surface area contributed by atoms with E-state index in [0.29, 0.717) is 6.42 Å². The van der Waals surface area contributed by atoms with Gasteiger partial charge in [0.15, 0.2) is 0 Å². The average molecular weight is 351 g/mol. The van der Waals surface area contributed by atoms with Crippen LogP contribution >= 0.6 is 0 Å². The minimum atomic E-state index is -0.319. The quantitative estimate of drug-likeness (QED) is 0.830. The van der Waals surface area contributed by atoms with E-state index in [1.807, 2.05) is 23.1 Å². The highest BCUT2D eigenvalue weighted by molar-refractivity contribution is 5.90. The van der Waals surface area contributed by atoms with Crippen LogP contribution in [0.2, 0.25) is 0 Å². The molecular formula is C21H25N3O2. The fourth-order valence-electron chi connectivity index (χ4n) is 4.59. The molecule has 1 aromatic heterocycles. The predicted octanol–water partition coefficient (Wildman–Crippen LogP) is 3.32. The lowest BCUT2D eigenvalue weighted by Crippen LogP contribution is -2.61. The van der Waals surface area contributed by atoms with Crippen LogP contribution in [-0.2, 0) is 11.2 Å². The lowest BCUT2D eigenvalue weighted by molar-refractivity contribution is -0.142. The fourth-order valence-corrected chi connectivity index (χ4v) is 4.59. The number of carbonyl (C=O) groups is 2. The van der Waals surface area contributed by atoms with Crippen LogP contribution in [0.25, 0.3) is 0 Å². The largest absolute Gasteiger partial charge is 0.327 e. The Bertz CT molecular complexity index is 749. The standard InChI is InChI=1S/C21H25N3O2/c25-19(8-4-7-16-5-2-1-3-6-16)24-18-11-9-17(10-12-18)20(24)21(26)23-14-13-22-15-23/h1-3,5-6,13-15,17-18,20H,4,7-12H2/t17?,18?,20-/m0/s1. The molecule has 1 amide bonds. The van der Waals surface area contributed by atoms with E-state index in [9.17, 15) is 9.59 Å². The van der Waals surface area contributed by atoms with Gasteiger partial charge in [-0.2, -0.15) is 0 Å². The lowest BCUT2D eigenvalue weighted by atomic mass is 9.74. The van der Waals surface area contributed by atoms with Gasteiger partial charge in [-0.3, -0.25) is 14.2 Å². The van der Waals surface area contributed by atoms with Crippen molar-refractivity contribution in [3.63, 3.8) is 0 Å². The molecule has 2 bridgehead atoms. The number of rotatable bonds is 5. The van der Waals surface area contributed by atoms with Crippen LogP contribution < -0.4 is 0 Å². The van der Waals surface area contributed by atoms with E-state index in [4.69, 9.17) is 0 Å². The third-order valence-corrected chi connectivity index (χ3v) is 5.88. The molecule has 3 aliphatic rings. The molecule has 2 aliphatic heterocycles. The minimum absolute atomic E-state index is 0.00620. The molecule has 1 aromatic carbocycles. The lowest BCUT2D eigenvalue weighted by Gasteiger charge is -2.50. The van der Waals surface area contributed by atoms with Crippen molar-refractivity contribution in [2.24, 2.45) is 5.92 Å². The van der Waals surface area contributed by atoms with E-state index in [1.54, 1.807) is 18.7 Å². The highest BCUT2D eigenvalue weighted by atomic mass is 16.2. The number of hydrogen-bond donors (Lipinski definition) is 0. The van der Waals surface area contributed by atoms with Crippen molar-refractivity contribution in [1.29, 1.82) is 0 Å². The molecule has 1 saturated carbocycles. The van der Waals surface area contributed by atoms with E-state index < -0.39 is 0 Å². The van der Waals surface area contributed by atoms with Crippen molar-refractivity contribution in [2.75, 3.05) is 0 Å². The number of carbonyl (C=O) groups excluding carboxylic acids is 2. The number of hydrogen-bond acceptors (Lipinski definition) is 3. The van der Waals surface area contributed by atoms with E-state index in [1.165, 1.54) is 10.1 Å². The Kier molecular flexibility index (Phi) is 4.87. The van der Waals surface area contributed by atoms with E-state index in [-0.39, 0.29) is 29.8 Å². The molecule has 0 radical (unpaired) electrons. The summed E-state index contributed by atoms with van der Waals surface area (Å²) in [6.07, 6.45) is 11.2. The summed E-state index contributed by atoms with van der Waals surface area (Å²) in [6, 6.07) is 10.2. The zero-order chi connectivity index (χ0) is 17.9. The van der Waals surface area contributed by atoms with E-state index >= 15 is 0 Å². The zero-order valence-electron chi connectivity index (χ0n) is 15.0. The first-order valence-corrected chi connectivity index (χ1v) is 9.61. The van der Waals surface area contributed by atoms with Crippen LogP contribution in [-0.4, -0.2) is 38.3 Å². The van der Waals surface area contributed by atoms with Crippen molar-refractivity contribution >= 4 is 11.8 Å². The van der Waals surface area contributed by atoms with E-state index in [0.717, 1.165) is 38.5 Å². The molecule has 136 valence electrons. The molecule has 0 unspecified atom stereocenters. The molecule has 5 rings (SSSR count). The number of amides is 1. The first kappa shape index (κ1) is 17.0. The molecule has 2 saturated heterocycles. The number of piperidine rings is 2. The summed E-state index contributed by atoms with van der Waals surface area (Å²) in [5.41, 5.74) is 1.26. The van der Waals surface area contributed by atoms with Gasteiger partial charge in [-0.15, -0.1) is 0 Å². The van der Waals surface area contributed by atoms with Gasteiger partial charge in [0, 0.05) is 24.9 Å². The molecule has 26 heavy (non-hydrogen) atoms. The Labute approximate surface area is 154 Å². The van der Waals surface area contributed by atoms with Crippen molar-refractivity contribution in [1.82, 2.24) is 14.5 Å². The third-order valence-electron chi connectivity index (χ3n) is 5.88. The first-order chi connectivity index (χ1) is 12.7. The number of benzene rings is 1. The number of imidazole rings is 1. The Morgan fingerprint density at radius 3 is 2.54 bits per heavy atom. The maximum absolute atomic E-state index is 13.0. The fraction of sp³-hybridized carbons (Fsp3) is 0.476. The first-order valence-electron chi connectivity index (χ1n) is 9.61. The van der Waals surface area contributed by atoms with Gasteiger partial charge in [-0.1, -0.05) is 30.3 Å². The Balaban J connectivity index is 1.45. The minimum Gasteiger partial charge on any atom is -0.327 e. The molecule has 2 aromatic rings. The highest BCUT2D eigenvalue weighted by Crippen LogP contribution is 2.40. The van der Waals surface area contributed by atoms with Gasteiger partial charge in [0.25, 0.3) is 5.91 Å². The smallest absolute Gasteiger partial charge is 0.254 e. The van der Waals surface area contributed by atoms with Crippen molar-refractivity contribution in [3.8, 4) is 0 Å². The number of nitrogens with zero attached hydrogens (tertiary/aromatic N) is 3. The molecular weight excluding hydrogens is 326 g/mol. The summed E-state index contributed by atoms with van der Waals surface area (Å²) >= 11 is 0. The molecule has 3 heterocycles. The Morgan fingerprint density at radius 2 is 1.85 bits per heavy atom. The molecule has 1 aliphatic carbocycles. The summed E-state index contributed by atoms with van der Waals surface area (Å²) in [6.45, 7) is 0. The van der Waals surface area contributed by atoms with Crippen LogP contribution in [0.1, 0.15) is 48.9 Å². The maximum atomic E-state index is 13.0. The monoisotopic (exact) mass is 351 g/mol.